The quantitative estimate of drug-likeness (QED) is 0.250. The van der Waals surface area contributed by atoms with Crippen molar-refractivity contribution in [3.63, 3.8) is 0 Å². The topological polar surface area (TPSA) is 91.4 Å². The van der Waals surface area contributed by atoms with Crippen LogP contribution in [0.2, 0.25) is 5.02 Å². The van der Waals surface area contributed by atoms with E-state index >= 15 is 0 Å². The van der Waals surface area contributed by atoms with Gasteiger partial charge in [0.25, 0.3) is 0 Å². The summed E-state index contributed by atoms with van der Waals surface area (Å²) in [6, 6.07) is 3.38. The molecule has 38 heavy (non-hydrogen) atoms. The average molecular weight is 558 g/mol. The van der Waals surface area contributed by atoms with Crippen molar-refractivity contribution in [1.82, 2.24) is 4.90 Å². The number of hydrogen-bond acceptors (Lipinski definition) is 8. The predicted molar refractivity (Wildman–Crippen MR) is 131 cm³/mol. The number of esters is 2. The van der Waals surface area contributed by atoms with Crippen molar-refractivity contribution in [1.29, 1.82) is 0 Å². The number of nitrogens with zero attached hydrogens (tertiary/aromatic N) is 1. The molecule has 0 spiro atoms. The molecule has 0 aliphatic carbocycles. The predicted octanol–water partition coefficient (Wildman–Crippen LogP) is 5.15. The number of likely N-dealkylation sites (N-methyl/N-ethyl adjacent to an activating group) is 1. The number of methoxy groups -OCH3 is 2. The summed E-state index contributed by atoms with van der Waals surface area (Å²) < 4.78 is 61.2. The second-order valence-corrected chi connectivity index (χ2v) is 9.19. The molecule has 1 unspecified atom stereocenters. The largest absolute Gasteiger partial charge is 0.496 e. The van der Waals surface area contributed by atoms with Gasteiger partial charge in [-0.2, -0.15) is 13.2 Å². The van der Waals surface area contributed by atoms with Crippen LogP contribution in [0.1, 0.15) is 58.0 Å². The molecular weight excluding hydrogens is 531 g/mol. The Hall–Kier alpha value is -3.31. The fourth-order valence-corrected chi connectivity index (χ4v) is 4.80. The molecule has 1 saturated heterocycles. The average Bonchev–Trinajstić information content (AvgIpc) is 3.20. The molecule has 12 heteroatoms. The number of hydrogen-bond donors (Lipinski definition) is 0. The molecule has 0 bridgehead atoms. The van der Waals surface area contributed by atoms with Gasteiger partial charge in [-0.15, -0.1) is 0 Å². The number of halogens is 4. The van der Waals surface area contributed by atoms with Crippen LogP contribution in [0.4, 0.5) is 13.2 Å². The highest BCUT2D eigenvalue weighted by Crippen LogP contribution is 2.48. The molecule has 3 rings (SSSR count). The summed E-state index contributed by atoms with van der Waals surface area (Å²) in [6.07, 6.45) is -4.12. The van der Waals surface area contributed by atoms with E-state index in [9.17, 15) is 27.6 Å². The van der Waals surface area contributed by atoms with E-state index in [1.54, 1.807) is 0 Å². The van der Waals surface area contributed by atoms with E-state index < -0.39 is 40.4 Å². The van der Waals surface area contributed by atoms with Crippen molar-refractivity contribution in [2.24, 2.45) is 0 Å². The fourth-order valence-electron chi connectivity index (χ4n) is 4.54. The highest BCUT2D eigenvalue weighted by atomic mass is 35.5. The summed E-state index contributed by atoms with van der Waals surface area (Å²) in [5.74, 6) is -2.30. The SMILES string of the molecule is COc1cc(OC)c(C2CCN(C)[C@@H]2COC(C)=O)c(OC(=O)c2ccc(C(F)(F)F)cc2Cl)c1C(C)=O. The first kappa shape index (κ1) is 29.2. The summed E-state index contributed by atoms with van der Waals surface area (Å²) in [7, 11) is 4.56. The smallest absolute Gasteiger partial charge is 0.416 e. The maximum absolute atomic E-state index is 13.2. The number of rotatable bonds is 8. The summed E-state index contributed by atoms with van der Waals surface area (Å²) in [5, 5.41) is -0.473. The Bertz CT molecular complexity index is 1250. The van der Waals surface area contributed by atoms with Crippen LogP contribution in [-0.4, -0.2) is 63.1 Å². The number of Topliss-reactive ketones (excluding diaryl/α,β-unsaturated/α-hetero) is 1. The van der Waals surface area contributed by atoms with Crippen molar-refractivity contribution in [3.05, 3.63) is 51.5 Å². The number of ketones is 1. The van der Waals surface area contributed by atoms with E-state index in [-0.39, 0.29) is 41.0 Å². The van der Waals surface area contributed by atoms with E-state index in [4.69, 9.17) is 30.5 Å². The Labute approximate surface area is 222 Å². The molecule has 0 radical (unpaired) electrons. The monoisotopic (exact) mass is 557 g/mol. The Kier molecular flexibility index (Phi) is 8.94. The normalized spacial score (nSPS) is 17.7. The van der Waals surface area contributed by atoms with Crippen molar-refractivity contribution in [2.45, 2.75) is 38.4 Å². The molecule has 2 atom stereocenters. The number of carbonyl (C=O) groups excluding carboxylic acids is 3. The third kappa shape index (κ3) is 6.05. The third-order valence-electron chi connectivity index (χ3n) is 6.40. The van der Waals surface area contributed by atoms with Crippen LogP contribution in [0.5, 0.6) is 17.2 Å². The first-order valence-electron chi connectivity index (χ1n) is 11.5. The van der Waals surface area contributed by atoms with Gasteiger partial charge in [0.15, 0.2) is 11.5 Å². The molecule has 0 amide bonds. The molecule has 0 aromatic heterocycles. The van der Waals surface area contributed by atoms with Crippen molar-refractivity contribution in [3.8, 4) is 17.2 Å². The van der Waals surface area contributed by atoms with Gasteiger partial charge in [0, 0.05) is 24.5 Å². The molecule has 1 aliphatic heterocycles. The van der Waals surface area contributed by atoms with E-state index in [2.05, 4.69) is 0 Å². The lowest BCUT2D eigenvalue weighted by molar-refractivity contribution is -0.142. The van der Waals surface area contributed by atoms with E-state index in [0.717, 1.165) is 6.07 Å². The Morgan fingerprint density at radius 3 is 2.26 bits per heavy atom. The van der Waals surface area contributed by atoms with Crippen molar-refractivity contribution < 1.29 is 46.5 Å². The summed E-state index contributed by atoms with van der Waals surface area (Å²) in [6.45, 7) is 3.17. The van der Waals surface area contributed by atoms with Crippen LogP contribution in [0.3, 0.4) is 0 Å². The van der Waals surface area contributed by atoms with Gasteiger partial charge in [-0.3, -0.25) is 14.5 Å². The van der Waals surface area contributed by atoms with Gasteiger partial charge in [-0.05, 0) is 45.1 Å². The van der Waals surface area contributed by atoms with Gasteiger partial charge in [0.1, 0.15) is 23.7 Å². The minimum atomic E-state index is -4.66. The Morgan fingerprint density at radius 2 is 1.74 bits per heavy atom. The summed E-state index contributed by atoms with van der Waals surface area (Å²) >= 11 is 6.02. The van der Waals surface area contributed by atoms with Crippen LogP contribution < -0.4 is 14.2 Å². The summed E-state index contributed by atoms with van der Waals surface area (Å²) in [5.41, 5.74) is -1.06. The first-order valence-corrected chi connectivity index (χ1v) is 11.9. The zero-order chi connectivity index (χ0) is 28.4. The number of benzene rings is 2. The molecule has 1 fully saturated rings. The number of ether oxygens (including phenoxy) is 4. The van der Waals surface area contributed by atoms with Crippen molar-refractivity contribution >= 4 is 29.3 Å². The van der Waals surface area contributed by atoms with Crippen LogP contribution in [0.15, 0.2) is 24.3 Å². The highest BCUT2D eigenvalue weighted by molar-refractivity contribution is 6.33. The molecule has 206 valence electrons. The fraction of sp³-hybridized carbons (Fsp3) is 0.423. The first-order chi connectivity index (χ1) is 17.8. The molecule has 1 heterocycles. The maximum atomic E-state index is 13.2. The lowest BCUT2D eigenvalue weighted by Gasteiger charge is -2.28. The molecule has 2 aromatic carbocycles. The minimum absolute atomic E-state index is 0.0270. The molecular formula is C26H27ClF3NO7. The van der Waals surface area contributed by atoms with Crippen LogP contribution in [0.25, 0.3) is 0 Å². The summed E-state index contributed by atoms with van der Waals surface area (Å²) in [4.78, 5) is 39.5. The molecule has 0 saturated carbocycles. The maximum Gasteiger partial charge on any atom is 0.416 e. The van der Waals surface area contributed by atoms with Crippen LogP contribution in [-0.2, 0) is 15.7 Å². The second-order valence-electron chi connectivity index (χ2n) is 8.78. The van der Waals surface area contributed by atoms with Gasteiger partial charge in [0.05, 0.1) is 36.4 Å². The molecule has 8 nitrogen and oxygen atoms in total. The van der Waals surface area contributed by atoms with E-state index in [1.165, 1.54) is 34.1 Å². The molecule has 1 aliphatic rings. The van der Waals surface area contributed by atoms with E-state index in [0.29, 0.717) is 30.7 Å². The molecule has 2 aromatic rings. The zero-order valence-corrected chi connectivity index (χ0v) is 22.2. The lowest BCUT2D eigenvalue weighted by atomic mass is 9.87. The number of alkyl halides is 3. The Morgan fingerprint density at radius 1 is 1.08 bits per heavy atom. The van der Waals surface area contributed by atoms with Gasteiger partial charge < -0.3 is 18.9 Å². The highest BCUT2D eigenvalue weighted by Gasteiger charge is 2.40. The zero-order valence-electron chi connectivity index (χ0n) is 21.4. The van der Waals surface area contributed by atoms with Crippen LogP contribution in [0, 0.1) is 0 Å². The Balaban J connectivity index is 2.18. The third-order valence-corrected chi connectivity index (χ3v) is 6.71. The van der Waals surface area contributed by atoms with Gasteiger partial charge >= 0.3 is 18.1 Å². The number of likely N-dealkylation sites (tertiary alicyclic amines) is 1. The minimum Gasteiger partial charge on any atom is -0.496 e. The number of carbonyl (C=O) groups is 3. The molecule has 0 N–H and O–H groups in total. The standard InChI is InChI=1S/C26H27ClF3NO7/c1-13(32)22-20(35-4)11-21(36-5)23(17-8-9-31(3)19(17)12-37-14(2)33)24(22)38-25(34)16-7-6-15(10-18(16)27)26(28,29)30/h6-7,10-11,17,19H,8-9,12H2,1-5H3/t17?,19-/m1/s1. The second kappa shape index (κ2) is 11.6. The van der Waals surface area contributed by atoms with Gasteiger partial charge in [0.2, 0.25) is 0 Å². The van der Waals surface area contributed by atoms with Gasteiger partial charge in [-0.25, -0.2) is 4.79 Å². The van der Waals surface area contributed by atoms with E-state index in [1.807, 2.05) is 11.9 Å². The van der Waals surface area contributed by atoms with Gasteiger partial charge in [-0.1, -0.05) is 11.6 Å². The van der Waals surface area contributed by atoms with Crippen LogP contribution >= 0.6 is 11.6 Å². The lowest BCUT2D eigenvalue weighted by Crippen LogP contribution is -2.34. The van der Waals surface area contributed by atoms with Crippen molar-refractivity contribution in [2.75, 3.05) is 34.4 Å².